The van der Waals surface area contributed by atoms with Gasteiger partial charge in [-0.2, -0.15) is 0 Å². The number of benzene rings is 1. The van der Waals surface area contributed by atoms with Gasteiger partial charge in [0.25, 0.3) is 0 Å². The van der Waals surface area contributed by atoms with E-state index in [1.807, 2.05) is 0 Å². The largest absolute Gasteiger partial charge is 0.381 e. The van der Waals surface area contributed by atoms with E-state index in [1.165, 1.54) is 12.0 Å². The Morgan fingerprint density at radius 3 is 2.75 bits per heavy atom. The molecule has 3 atom stereocenters. The van der Waals surface area contributed by atoms with E-state index in [2.05, 4.69) is 69.4 Å². The molecule has 0 radical (unpaired) electrons. The lowest BCUT2D eigenvalue weighted by Crippen LogP contribution is -2.43. The van der Waals surface area contributed by atoms with Crippen LogP contribution < -0.4 is 5.32 Å². The molecule has 1 aliphatic heterocycles. The number of hydrogen-bond donors (Lipinski definition) is 1. The van der Waals surface area contributed by atoms with Crippen molar-refractivity contribution in [2.24, 2.45) is 10.9 Å². The first-order chi connectivity index (χ1) is 11.2. The van der Waals surface area contributed by atoms with Crippen LogP contribution >= 0.6 is 39.9 Å². The summed E-state index contributed by atoms with van der Waals surface area (Å²) in [6.45, 7) is 5.70. The summed E-state index contributed by atoms with van der Waals surface area (Å²) in [5.74, 6) is 2.27. The van der Waals surface area contributed by atoms with Gasteiger partial charge in [-0.25, -0.2) is 0 Å². The molecule has 4 nitrogen and oxygen atoms in total. The Morgan fingerprint density at radius 1 is 1.38 bits per heavy atom. The molecule has 0 spiro atoms. The van der Waals surface area contributed by atoms with Crippen LogP contribution in [0.25, 0.3) is 0 Å². The number of rotatable bonds is 5. The van der Waals surface area contributed by atoms with Gasteiger partial charge in [-0.3, -0.25) is 4.99 Å². The van der Waals surface area contributed by atoms with E-state index in [9.17, 15) is 0 Å². The zero-order chi connectivity index (χ0) is 16.2. The van der Waals surface area contributed by atoms with Crippen molar-refractivity contribution in [2.45, 2.75) is 31.7 Å². The Bertz CT molecular complexity index is 546. The first-order valence-corrected chi connectivity index (χ1v) is 9.32. The number of hydrogen-bond acceptors (Lipinski definition) is 2. The predicted octanol–water partition coefficient (Wildman–Crippen LogP) is 3.86. The fourth-order valence-corrected chi connectivity index (χ4v) is 3.49. The molecule has 3 rings (SSSR count). The molecular weight excluding hydrogens is 481 g/mol. The van der Waals surface area contributed by atoms with E-state index in [0.29, 0.717) is 17.9 Å². The Labute approximate surface area is 170 Å². The summed E-state index contributed by atoms with van der Waals surface area (Å²) in [7, 11) is 2.14. The topological polar surface area (TPSA) is 36.9 Å². The lowest BCUT2D eigenvalue weighted by atomic mass is 10.1. The van der Waals surface area contributed by atoms with E-state index in [0.717, 1.165) is 43.2 Å². The van der Waals surface area contributed by atoms with Crippen LogP contribution in [0.15, 0.2) is 33.7 Å². The van der Waals surface area contributed by atoms with Gasteiger partial charge in [0.05, 0.1) is 6.61 Å². The van der Waals surface area contributed by atoms with Crippen LogP contribution in [-0.2, 0) is 4.74 Å². The van der Waals surface area contributed by atoms with E-state index < -0.39 is 0 Å². The van der Waals surface area contributed by atoms with Gasteiger partial charge in [0, 0.05) is 49.1 Å². The normalized spacial score (nSPS) is 26.0. The summed E-state index contributed by atoms with van der Waals surface area (Å²) < 4.78 is 6.62. The van der Waals surface area contributed by atoms with E-state index in [1.54, 1.807) is 0 Å². The predicted molar refractivity (Wildman–Crippen MR) is 113 cm³/mol. The highest BCUT2D eigenvalue weighted by Gasteiger charge is 2.39. The van der Waals surface area contributed by atoms with Gasteiger partial charge < -0.3 is 15.0 Å². The molecule has 24 heavy (non-hydrogen) atoms. The third-order valence-corrected chi connectivity index (χ3v) is 5.16. The number of halogens is 2. The molecule has 1 saturated carbocycles. The molecule has 0 bridgehead atoms. The summed E-state index contributed by atoms with van der Waals surface area (Å²) in [6, 6.07) is 9.18. The molecule has 134 valence electrons. The average molecular weight is 508 g/mol. The molecular formula is C18H27BrIN3O. The van der Waals surface area contributed by atoms with Crippen molar-refractivity contribution < 1.29 is 4.74 Å². The summed E-state index contributed by atoms with van der Waals surface area (Å²) in [4.78, 5) is 6.94. The molecule has 2 fully saturated rings. The zero-order valence-electron chi connectivity index (χ0n) is 14.4. The first-order valence-electron chi connectivity index (χ1n) is 8.52. The van der Waals surface area contributed by atoms with Crippen molar-refractivity contribution in [3.05, 3.63) is 34.3 Å². The van der Waals surface area contributed by atoms with E-state index in [4.69, 9.17) is 4.74 Å². The second kappa shape index (κ2) is 9.38. The summed E-state index contributed by atoms with van der Waals surface area (Å²) in [6.07, 6.45) is 2.35. The van der Waals surface area contributed by atoms with Gasteiger partial charge in [0.15, 0.2) is 5.96 Å². The van der Waals surface area contributed by atoms with Crippen molar-refractivity contribution >= 4 is 45.9 Å². The maximum atomic E-state index is 5.48. The highest BCUT2D eigenvalue weighted by molar-refractivity contribution is 14.0. The van der Waals surface area contributed by atoms with Crippen LogP contribution in [0.2, 0.25) is 0 Å². The van der Waals surface area contributed by atoms with Gasteiger partial charge in [-0.15, -0.1) is 24.0 Å². The van der Waals surface area contributed by atoms with Crippen LogP contribution in [0.5, 0.6) is 0 Å². The molecule has 3 unspecified atom stereocenters. The highest BCUT2D eigenvalue weighted by Crippen LogP contribution is 2.41. The van der Waals surface area contributed by atoms with Crippen molar-refractivity contribution in [2.75, 3.05) is 33.4 Å². The number of nitrogens with one attached hydrogen (secondary N) is 1. The van der Waals surface area contributed by atoms with Crippen molar-refractivity contribution in [1.82, 2.24) is 10.2 Å². The maximum Gasteiger partial charge on any atom is 0.193 e. The van der Waals surface area contributed by atoms with Crippen LogP contribution in [0, 0.1) is 5.92 Å². The van der Waals surface area contributed by atoms with Crippen molar-refractivity contribution in [1.29, 1.82) is 0 Å². The fraction of sp³-hybridized carbons (Fsp3) is 0.611. The molecule has 1 aromatic carbocycles. The van der Waals surface area contributed by atoms with Crippen molar-refractivity contribution in [3.8, 4) is 0 Å². The average Bonchev–Trinajstić information content (AvgIpc) is 3.11. The Morgan fingerprint density at radius 2 is 2.12 bits per heavy atom. The van der Waals surface area contributed by atoms with Crippen LogP contribution in [0.4, 0.5) is 0 Å². The second-order valence-electron chi connectivity index (χ2n) is 6.55. The summed E-state index contributed by atoms with van der Waals surface area (Å²) in [5, 5.41) is 3.65. The molecule has 6 heteroatoms. The molecule has 1 heterocycles. The van der Waals surface area contributed by atoms with Crippen LogP contribution in [0.3, 0.4) is 0 Å². The Balaban J connectivity index is 0.00000208. The smallest absolute Gasteiger partial charge is 0.193 e. The number of aliphatic imine (C=N–C) groups is 1. The SMILES string of the molecule is CCN=C(NC1CC1c1ccc(Br)cc1)N(C)CC1CCOC1.I. The van der Waals surface area contributed by atoms with E-state index >= 15 is 0 Å². The minimum atomic E-state index is 0. The zero-order valence-corrected chi connectivity index (χ0v) is 18.3. The van der Waals surface area contributed by atoms with Gasteiger partial charge >= 0.3 is 0 Å². The number of nitrogens with zero attached hydrogens (tertiary/aromatic N) is 2. The van der Waals surface area contributed by atoms with Gasteiger partial charge in [-0.05, 0) is 37.5 Å². The molecule has 1 saturated heterocycles. The molecule has 1 aliphatic carbocycles. The third kappa shape index (κ3) is 5.33. The fourth-order valence-electron chi connectivity index (χ4n) is 3.23. The molecule has 2 aliphatic rings. The highest BCUT2D eigenvalue weighted by atomic mass is 127. The summed E-state index contributed by atoms with van der Waals surface area (Å²) in [5.41, 5.74) is 1.41. The van der Waals surface area contributed by atoms with Gasteiger partial charge in [-0.1, -0.05) is 28.1 Å². The first kappa shape index (κ1) is 20.0. The second-order valence-corrected chi connectivity index (χ2v) is 7.47. The third-order valence-electron chi connectivity index (χ3n) is 4.63. The lowest BCUT2D eigenvalue weighted by molar-refractivity contribution is 0.181. The quantitative estimate of drug-likeness (QED) is 0.373. The minimum absolute atomic E-state index is 0. The van der Waals surface area contributed by atoms with Crippen molar-refractivity contribution in [3.63, 3.8) is 0 Å². The maximum absolute atomic E-state index is 5.48. The lowest BCUT2D eigenvalue weighted by Gasteiger charge is -2.25. The number of guanidine groups is 1. The van der Waals surface area contributed by atoms with Crippen LogP contribution in [-0.4, -0.2) is 50.3 Å². The Kier molecular flexibility index (Phi) is 7.81. The monoisotopic (exact) mass is 507 g/mol. The molecule has 1 N–H and O–H groups in total. The minimum Gasteiger partial charge on any atom is -0.381 e. The van der Waals surface area contributed by atoms with Gasteiger partial charge in [0.1, 0.15) is 0 Å². The van der Waals surface area contributed by atoms with Gasteiger partial charge in [0.2, 0.25) is 0 Å². The molecule has 1 aromatic rings. The Hall–Kier alpha value is -0.340. The molecule has 0 aromatic heterocycles. The standard InChI is InChI=1S/C18H26BrN3O.HI/c1-3-20-18(22(2)11-13-8-9-23-12-13)21-17-10-16(17)14-4-6-15(19)7-5-14;/h4-7,13,16-17H,3,8-12H2,1-2H3,(H,20,21);1H. The number of ether oxygens (including phenoxy) is 1. The van der Waals surface area contributed by atoms with E-state index in [-0.39, 0.29) is 24.0 Å². The molecule has 0 amide bonds. The summed E-state index contributed by atoms with van der Waals surface area (Å²) >= 11 is 3.50. The van der Waals surface area contributed by atoms with Crippen LogP contribution in [0.1, 0.15) is 31.2 Å².